The summed E-state index contributed by atoms with van der Waals surface area (Å²) in [5.41, 5.74) is 3.78. The van der Waals surface area contributed by atoms with Crippen LogP contribution < -0.4 is 10.9 Å². The first-order valence-corrected chi connectivity index (χ1v) is 9.83. The third-order valence-corrected chi connectivity index (χ3v) is 5.43. The predicted octanol–water partition coefficient (Wildman–Crippen LogP) is 4.06. The molecule has 146 valence electrons. The van der Waals surface area contributed by atoms with Crippen LogP contribution in [0.4, 0.5) is 5.69 Å². The van der Waals surface area contributed by atoms with Crippen molar-refractivity contribution < 1.29 is 9.53 Å². The molecule has 1 saturated carbocycles. The fraction of sp³-hybridized carbons (Fsp3) is 0.364. The van der Waals surface area contributed by atoms with Crippen molar-refractivity contribution in [2.75, 3.05) is 11.9 Å². The number of rotatable bonds is 5. The maximum absolute atomic E-state index is 12.4. The van der Waals surface area contributed by atoms with E-state index in [1.54, 1.807) is 30.8 Å². The molecule has 0 radical (unpaired) electrons. The van der Waals surface area contributed by atoms with Crippen LogP contribution >= 0.6 is 0 Å². The number of ether oxygens (including phenoxy) is 1. The van der Waals surface area contributed by atoms with E-state index < -0.39 is 0 Å². The summed E-state index contributed by atoms with van der Waals surface area (Å²) in [5.74, 6) is -0.341. The number of nitrogens with one attached hydrogen (secondary N) is 2. The van der Waals surface area contributed by atoms with Crippen LogP contribution in [0.25, 0.3) is 22.0 Å². The molecule has 1 aliphatic carbocycles. The molecule has 1 aliphatic rings. The number of pyridine rings is 1. The lowest BCUT2D eigenvalue weighted by atomic mass is 9.98. The number of hydrogen-bond donors (Lipinski definition) is 2. The molecule has 0 aliphatic heterocycles. The van der Waals surface area contributed by atoms with E-state index in [1.807, 2.05) is 24.4 Å². The number of carbonyl (C=O) groups excluding carboxylic acids is 1. The van der Waals surface area contributed by atoms with Gasteiger partial charge in [-0.3, -0.25) is 4.79 Å². The van der Waals surface area contributed by atoms with Crippen molar-refractivity contribution >= 4 is 22.6 Å². The number of hydrogen-bond acceptors (Lipinski definition) is 4. The number of nitrogens with zero attached hydrogens (tertiary/aromatic N) is 1. The smallest absolute Gasteiger partial charge is 0.338 e. The Kier molecular flexibility index (Phi) is 4.94. The highest BCUT2D eigenvalue weighted by atomic mass is 16.5. The van der Waals surface area contributed by atoms with Gasteiger partial charge in [-0.1, -0.05) is 12.8 Å². The van der Waals surface area contributed by atoms with Gasteiger partial charge in [0.25, 0.3) is 5.56 Å². The lowest BCUT2D eigenvalue weighted by molar-refractivity contribution is 0.0526. The van der Waals surface area contributed by atoms with Gasteiger partial charge in [-0.2, -0.15) is 0 Å². The van der Waals surface area contributed by atoms with Crippen LogP contribution in [-0.4, -0.2) is 28.2 Å². The minimum atomic E-state index is -0.341. The van der Waals surface area contributed by atoms with Crippen LogP contribution in [0.2, 0.25) is 0 Å². The normalized spacial score (nSPS) is 14.5. The number of aryl methyl sites for hydroxylation is 1. The number of esters is 1. The van der Waals surface area contributed by atoms with Crippen LogP contribution in [0.1, 0.15) is 43.0 Å². The topological polar surface area (TPSA) is 76.1 Å². The van der Waals surface area contributed by atoms with E-state index in [2.05, 4.69) is 10.3 Å². The molecule has 2 heterocycles. The van der Waals surface area contributed by atoms with Gasteiger partial charge < -0.3 is 19.6 Å². The van der Waals surface area contributed by atoms with Gasteiger partial charge in [-0.25, -0.2) is 4.79 Å². The molecule has 6 nitrogen and oxygen atoms in total. The number of carbonyl (C=O) groups is 1. The molecular formula is C22H25N3O3. The molecule has 6 heteroatoms. The van der Waals surface area contributed by atoms with Crippen molar-refractivity contribution in [2.45, 2.75) is 38.6 Å². The van der Waals surface area contributed by atoms with Gasteiger partial charge in [-0.15, -0.1) is 0 Å². The maximum Gasteiger partial charge on any atom is 0.338 e. The van der Waals surface area contributed by atoms with Gasteiger partial charge in [0, 0.05) is 47.7 Å². The minimum absolute atomic E-state index is 0.0735. The molecule has 0 amide bonds. The molecule has 4 rings (SSSR count). The molecule has 0 unspecified atom stereocenters. The SMILES string of the molecule is CCOC(=O)c1ccc(NC2CCCC2)c(-c2cn(C)c(=O)c3[nH]ccc23)c1. The van der Waals surface area contributed by atoms with Crippen LogP contribution in [0.5, 0.6) is 0 Å². The van der Waals surface area contributed by atoms with Crippen molar-refractivity contribution in [1.82, 2.24) is 9.55 Å². The molecule has 0 bridgehead atoms. The summed E-state index contributed by atoms with van der Waals surface area (Å²) in [4.78, 5) is 27.8. The first kappa shape index (κ1) is 18.3. The van der Waals surface area contributed by atoms with E-state index in [-0.39, 0.29) is 11.5 Å². The lowest BCUT2D eigenvalue weighted by Crippen LogP contribution is -2.18. The van der Waals surface area contributed by atoms with Crippen LogP contribution in [-0.2, 0) is 11.8 Å². The Balaban J connectivity index is 1.88. The molecule has 2 aromatic heterocycles. The lowest BCUT2D eigenvalue weighted by Gasteiger charge is -2.19. The third kappa shape index (κ3) is 3.30. The first-order valence-electron chi connectivity index (χ1n) is 9.83. The molecular weight excluding hydrogens is 354 g/mol. The quantitative estimate of drug-likeness (QED) is 0.656. The van der Waals surface area contributed by atoms with Gasteiger partial charge in [0.2, 0.25) is 0 Å². The monoisotopic (exact) mass is 379 g/mol. The Labute approximate surface area is 163 Å². The second-order valence-electron chi connectivity index (χ2n) is 7.33. The Morgan fingerprint density at radius 3 is 2.79 bits per heavy atom. The number of benzene rings is 1. The summed E-state index contributed by atoms with van der Waals surface area (Å²) in [6.45, 7) is 2.13. The highest BCUT2D eigenvalue weighted by molar-refractivity contribution is 6.00. The Morgan fingerprint density at radius 1 is 1.25 bits per heavy atom. The van der Waals surface area contributed by atoms with Crippen molar-refractivity contribution in [3.63, 3.8) is 0 Å². The average Bonchev–Trinajstić information content (AvgIpc) is 3.37. The highest BCUT2D eigenvalue weighted by Gasteiger charge is 2.20. The standard InChI is InChI=1S/C22H25N3O3/c1-3-28-22(27)14-8-9-19(24-15-6-4-5-7-15)17(12-14)18-13-25(2)21(26)20-16(18)10-11-23-20/h8-13,15,23-24H,3-7H2,1-2H3. The molecule has 1 aromatic carbocycles. The predicted molar refractivity (Wildman–Crippen MR) is 111 cm³/mol. The Morgan fingerprint density at radius 2 is 2.04 bits per heavy atom. The first-order chi connectivity index (χ1) is 13.6. The van der Waals surface area contributed by atoms with E-state index in [0.29, 0.717) is 23.7 Å². The van der Waals surface area contributed by atoms with Gasteiger partial charge in [0.1, 0.15) is 5.52 Å². The molecule has 3 aromatic rings. The second-order valence-corrected chi connectivity index (χ2v) is 7.33. The summed E-state index contributed by atoms with van der Waals surface area (Å²) >= 11 is 0. The third-order valence-electron chi connectivity index (χ3n) is 5.43. The Hall–Kier alpha value is -3.02. The number of aromatic nitrogens is 2. The van der Waals surface area contributed by atoms with E-state index in [9.17, 15) is 9.59 Å². The molecule has 2 N–H and O–H groups in total. The molecule has 0 spiro atoms. The zero-order chi connectivity index (χ0) is 19.7. The minimum Gasteiger partial charge on any atom is -0.462 e. The summed E-state index contributed by atoms with van der Waals surface area (Å²) in [7, 11) is 1.74. The Bertz CT molecular complexity index is 1070. The van der Waals surface area contributed by atoms with Crippen LogP contribution in [0.15, 0.2) is 41.5 Å². The van der Waals surface area contributed by atoms with Gasteiger partial charge >= 0.3 is 5.97 Å². The average molecular weight is 379 g/mol. The van der Waals surface area contributed by atoms with E-state index in [1.165, 1.54) is 12.8 Å². The highest BCUT2D eigenvalue weighted by Crippen LogP contribution is 2.35. The van der Waals surface area contributed by atoms with Crippen LogP contribution in [0, 0.1) is 0 Å². The number of anilines is 1. The van der Waals surface area contributed by atoms with E-state index in [4.69, 9.17) is 4.74 Å². The number of H-pyrrole nitrogens is 1. The van der Waals surface area contributed by atoms with Crippen molar-refractivity contribution in [1.29, 1.82) is 0 Å². The molecule has 0 saturated heterocycles. The van der Waals surface area contributed by atoms with E-state index in [0.717, 1.165) is 35.0 Å². The molecule has 0 atom stereocenters. The second kappa shape index (κ2) is 7.54. The summed E-state index contributed by atoms with van der Waals surface area (Å²) in [5, 5.41) is 4.49. The summed E-state index contributed by atoms with van der Waals surface area (Å²) in [6.07, 6.45) is 8.36. The zero-order valence-electron chi connectivity index (χ0n) is 16.2. The molecule has 28 heavy (non-hydrogen) atoms. The van der Waals surface area contributed by atoms with Gasteiger partial charge in [0.15, 0.2) is 0 Å². The summed E-state index contributed by atoms with van der Waals surface area (Å²) < 4.78 is 6.76. The number of fused-ring (bicyclic) bond motifs is 1. The molecule has 1 fully saturated rings. The maximum atomic E-state index is 12.4. The summed E-state index contributed by atoms with van der Waals surface area (Å²) in [6, 6.07) is 7.95. The fourth-order valence-corrected chi connectivity index (χ4v) is 4.01. The van der Waals surface area contributed by atoms with Crippen molar-refractivity contribution in [3.05, 3.63) is 52.6 Å². The number of aromatic amines is 1. The largest absolute Gasteiger partial charge is 0.462 e. The van der Waals surface area contributed by atoms with E-state index >= 15 is 0 Å². The fourth-order valence-electron chi connectivity index (χ4n) is 4.01. The van der Waals surface area contributed by atoms with Gasteiger partial charge in [-0.05, 0) is 44.0 Å². The van der Waals surface area contributed by atoms with Gasteiger partial charge in [0.05, 0.1) is 12.2 Å². The van der Waals surface area contributed by atoms with Crippen molar-refractivity contribution in [3.8, 4) is 11.1 Å². The van der Waals surface area contributed by atoms with Crippen LogP contribution in [0.3, 0.4) is 0 Å². The van der Waals surface area contributed by atoms with Crippen molar-refractivity contribution in [2.24, 2.45) is 7.05 Å². The zero-order valence-corrected chi connectivity index (χ0v) is 16.2.